The Morgan fingerprint density at radius 1 is 1.13 bits per heavy atom. The van der Waals surface area contributed by atoms with Gasteiger partial charge < -0.3 is 24.3 Å². The molecule has 23 heavy (non-hydrogen) atoms. The summed E-state index contributed by atoms with van der Waals surface area (Å²) in [6, 6.07) is 3.56. The molecular formula is C17H25NO5. The number of nitrogens with one attached hydrogen (secondary N) is 1. The van der Waals surface area contributed by atoms with Crippen molar-refractivity contribution in [2.45, 2.75) is 13.3 Å². The van der Waals surface area contributed by atoms with E-state index in [1.165, 1.54) is 6.08 Å². The highest BCUT2D eigenvalue weighted by atomic mass is 16.5. The van der Waals surface area contributed by atoms with Gasteiger partial charge in [-0.2, -0.15) is 0 Å². The highest BCUT2D eigenvalue weighted by molar-refractivity contribution is 5.91. The standard InChI is InChI=1S/C17H25NO5/c1-5-23-10-6-9-18-16(19)8-7-13-11-14(20-2)17(22-4)15(12-13)21-3/h7-8,11-12H,5-6,9-10H2,1-4H3,(H,18,19)/b8-7+. The van der Waals surface area contributed by atoms with E-state index in [2.05, 4.69) is 5.32 Å². The summed E-state index contributed by atoms with van der Waals surface area (Å²) in [7, 11) is 4.65. The van der Waals surface area contributed by atoms with E-state index in [1.807, 2.05) is 6.92 Å². The topological polar surface area (TPSA) is 66.0 Å². The van der Waals surface area contributed by atoms with Crippen molar-refractivity contribution in [3.8, 4) is 17.2 Å². The molecule has 0 bridgehead atoms. The van der Waals surface area contributed by atoms with Crippen molar-refractivity contribution in [3.63, 3.8) is 0 Å². The van der Waals surface area contributed by atoms with E-state index in [1.54, 1.807) is 39.5 Å². The van der Waals surface area contributed by atoms with Crippen molar-refractivity contribution in [1.82, 2.24) is 5.32 Å². The van der Waals surface area contributed by atoms with Crippen LogP contribution >= 0.6 is 0 Å². The van der Waals surface area contributed by atoms with Crippen molar-refractivity contribution in [3.05, 3.63) is 23.8 Å². The molecule has 0 saturated carbocycles. The first kappa shape index (κ1) is 18.8. The summed E-state index contributed by atoms with van der Waals surface area (Å²) in [4.78, 5) is 11.8. The molecule has 1 N–H and O–H groups in total. The molecule has 1 rings (SSSR count). The minimum atomic E-state index is -0.157. The Hall–Kier alpha value is -2.21. The summed E-state index contributed by atoms with van der Waals surface area (Å²) in [5, 5.41) is 2.80. The molecule has 0 radical (unpaired) electrons. The average Bonchev–Trinajstić information content (AvgIpc) is 2.58. The molecule has 6 heteroatoms. The van der Waals surface area contributed by atoms with Gasteiger partial charge in [0.25, 0.3) is 0 Å². The molecule has 0 aliphatic heterocycles. The van der Waals surface area contributed by atoms with Crippen LogP contribution in [0.25, 0.3) is 6.08 Å². The van der Waals surface area contributed by atoms with E-state index in [-0.39, 0.29) is 5.91 Å². The maximum Gasteiger partial charge on any atom is 0.244 e. The third-order valence-corrected chi connectivity index (χ3v) is 3.08. The van der Waals surface area contributed by atoms with E-state index in [0.717, 1.165) is 12.0 Å². The molecule has 0 unspecified atom stereocenters. The van der Waals surface area contributed by atoms with E-state index in [9.17, 15) is 4.79 Å². The van der Waals surface area contributed by atoms with E-state index >= 15 is 0 Å². The SMILES string of the molecule is CCOCCCNC(=O)/C=C/c1cc(OC)c(OC)c(OC)c1. The molecule has 1 amide bonds. The first-order valence-electron chi connectivity index (χ1n) is 7.49. The lowest BCUT2D eigenvalue weighted by molar-refractivity contribution is -0.116. The zero-order chi connectivity index (χ0) is 17.1. The predicted octanol–water partition coefficient (Wildman–Crippen LogP) is 2.27. The van der Waals surface area contributed by atoms with Gasteiger partial charge in [-0.3, -0.25) is 4.79 Å². The van der Waals surface area contributed by atoms with Crippen molar-refractivity contribution in [1.29, 1.82) is 0 Å². The molecule has 0 atom stereocenters. The Kier molecular flexibility index (Phi) is 8.60. The van der Waals surface area contributed by atoms with E-state index < -0.39 is 0 Å². The average molecular weight is 323 g/mol. The van der Waals surface area contributed by atoms with Crippen LogP contribution in [0.15, 0.2) is 18.2 Å². The molecule has 0 spiro atoms. The van der Waals surface area contributed by atoms with Crippen LogP contribution in [-0.4, -0.2) is 47.0 Å². The van der Waals surface area contributed by atoms with Gasteiger partial charge in [0.2, 0.25) is 11.7 Å². The van der Waals surface area contributed by atoms with Crippen molar-refractivity contribution >= 4 is 12.0 Å². The zero-order valence-electron chi connectivity index (χ0n) is 14.2. The van der Waals surface area contributed by atoms with Gasteiger partial charge in [-0.15, -0.1) is 0 Å². The molecule has 0 saturated heterocycles. The molecule has 0 aliphatic carbocycles. The second-order valence-electron chi connectivity index (χ2n) is 4.63. The minimum absolute atomic E-state index is 0.157. The van der Waals surface area contributed by atoms with Gasteiger partial charge in [0, 0.05) is 25.8 Å². The largest absolute Gasteiger partial charge is 0.493 e. The summed E-state index contributed by atoms with van der Waals surface area (Å²) < 4.78 is 21.0. The fourth-order valence-electron chi connectivity index (χ4n) is 1.96. The van der Waals surface area contributed by atoms with Gasteiger partial charge >= 0.3 is 0 Å². The van der Waals surface area contributed by atoms with Crippen LogP contribution < -0.4 is 19.5 Å². The highest BCUT2D eigenvalue weighted by Gasteiger charge is 2.12. The summed E-state index contributed by atoms with van der Waals surface area (Å²) in [6.07, 6.45) is 3.96. The normalized spacial score (nSPS) is 10.6. The number of methoxy groups -OCH3 is 3. The number of carbonyl (C=O) groups excluding carboxylic acids is 1. The van der Waals surface area contributed by atoms with Gasteiger partial charge in [0.05, 0.1) is 21.3 Å². The molecule has 6 nitrogen and oxygen atoms in total. The Balaban J connectivity index is 2.67. The Morgan fingerprint density at radius 3 is 2.30 bits per heavy atom. The van der Waals surface area contributed by atoms with Crippen LogP contribution in [0.2, 0.25) is 0 Å². The first-order valence-corrected chi connectivity index (χ1v) is 7.49. The molecule has 0 heterocycles. The third-order valence-electron chi connectivity index (χ3n) is 3.08. The third kappa shape index (κ3) is 6.20. The fourth-order valence-corrected chi connectivity index (χ4v) is 1.96. The van der Waals surface area contributed by atoms with Crippen LogP contribution in [0.4, 0.5) is 0 Å². The number of rotatable bonds is 10. The van der Waals surface area contributed by atoms with Gasteiger partial charge in [-0.25, -0.2) is 0 Å². The molecule has 0 aliphatic rings. The Labute approximate surface area is 137 Å². The lowest BCUT2D eigenvalue weighted by Crippen LogP contribution is -2.23. The van der Waals surface area contributed by atoms with E-state index in [4.69, 9.17) is 18.9 Å². The number of benzene rings is 1. The second kappa shape index (κ2) is 10.5. The van der Waals surface area contributed by atoms with Crippen LogP contribution in [-0.2, 0) is 9.53 Å². The van der Waals surface area contributed by atoms with Gasteiger partial charge in [0.15, 0.2) is 11.5 Å². The highest BCUT2D eigenvalue weighted by Crippen LogP contribution is 2.38. The summed E-state index contributed by atoms with van der Waals surface area (Å²) in [6.45, 7) is 3.86. The molecule has 128 valence electrons. The molecule has 0 aromatic heterocycles. The van der Waals surface area contributed by atoms with Crippen molar-refractivity contribution in [2.75, 3.05) is 41.1 Å². The molecule has 1 aromatic rings. The molecule has 0 fully saturated rings. The lowest BCUT2D eigenvalue weighted by Gasteiger charge is -2.12. The quantitative estimate of drug-likeness (QED) is 0.528. The minimum Gasteiger partial charge on any atom is -0.493 e. The number of amides is 1. The van der Waals surface area contributed by atoms with Crippen LogP contribution in [0, 0.1) is 0 Å². The summed E-state index contributed by atoms with van der Waals surface area (Å²) in [5.41, 5.74) is 0.781. The summed E-state index contributed by atoms with van der Waals surface area (Å²) >= 11 is 0. The van der Waals surface area contributed by atoms with Crippen LogP contribution in [0.1, 0.15) is 18.9 Å². The number of hydrogen-bond donors (Lipinski definition) is 1. The Bertz CT molecular complexity index is 503. The number of carbonyl (C=O) groups is 1. The Morgan fingerprint density at radius 2 is 1.78 bits per heavy atom. The molecule has 1 aromatic carbocycles. The van der Waals surface area contributed by atoms with Gasteiger partial charge in [-0.1, -0.05) is 0 Å². The van der Waals surface area contributed by atoms with Crippen LogP contribution in [0.5, 0.6) is 17.2 Å². The maximum atomic E-state index is 11.8. The maximum absolute atomic E-state index is 11.8. The predicted molar refractivity (Wildman–Crippen MR) is 89.3 cm³/mol. The second-order valence-corrected chi connectivity index (χ2v) is 4.63. The fraction of sp³-hybridized carbons (Fsp3) is 0.471. The van der Waals surface area contributed by atoms with Crippen molar-refractivity contribution in [2.24, 2.45) is 0 Å². The first-order chi connectivity index (χ1) is 11.2. The van der Waals surface area contributed by atoms with Gasteiger partial charge in [-0.05, 0) is 37.1 Å². The summed E-state index contributed by atoms with van der Waals surface area (Å²) in [5.74, 6) is 1.45. The van der Waals surface area contributed by atoms with Crippen molar-refractivity contribution < 1.29 is 23.7 Å². The lowest BCUT2D eigenvalue weighted by atomic mass is 10.1. The monoisotopic (exact) mass is 323 g/mol. The van der Waals surface area contributed by atoms with E-state index in [0.29, 0.717) is 37.0 Å². The number of hydrogen-bond acceptors (Lipinski definition) is 5. The van der Waals surface area contributed by atoms with Gasteiger partial charge in [0.1, 0.15) is 0 Å². The van der Waals surface area contributed by atoms with Crippen LogP contribution in [0.3, 0.4) is 0 Å². The number of ether oxygens (including phenoxy) is 4. The molecular weight excluding hydrogens is 298 g/mol. The zero-order valence-corrected chi connectivity index (χ0v) is 14.2. The smallest absolute Gasteiger partial charge is 0.244 e.